The molecule has 0 saturated heterocycles. The number of nitro benzene ring substituents is 1. The number of rotatable bonds is 4. The summed E-state index contributed by atoms with van der Waals surface area (Å²) in [4.78, 5) is 11.1. The fraction of sp³-hybridized carbons (Fsp3) is 0. The molecule has 3 aromatic carbocycles. The Morgan fingerprint density at radius 1 is 0.913 bits per heavy atom. The summed E-state index contributed by atoms with van der Waals surface area (Å²) in [6.45, 7) is 0. The van der Waals surface area contributed by atoms with Crippen molar-refractivity contribution in [1.29, 1.82) is 0 Å². The van der Waals surface area contributed by atoms with Gasteiger partial charge < -0.3 is 5.32 Å². The van der Waals surface area contributed by atoms with Crippen LogP contribution in [0.3, 0.4) is 0 Å². The van der Waals surface area contributed by atoms with Gasteiger partial charge in [-0.3, -0.25) is 10.1 Å². The molecule has 0 aliphatic rings. The highest BCUT2D eigenvalue weighted by atomic mass is 35.5. The van der Waals surface area contributed by atoms with Crippen molar-refractivity contribution in [2.75, 3.05) is 5.32 Å². The van der Waals surface area contributed by atoms with Crippen LogP contribution in [0.1, 0.15) is 0 Å². The van der Waals surface area contributed by atoms with Gasteiger partial charge in [0.05, 0.1) is 21.2 Å². The van der Waals surface area contributed by atoms with Crippen LogP contribution in [0.15, 0.2) is 72.8 Å². The number of nitrogens with zero attached hydrogens (tertiary/aromatic N) is 1. The molecule has 0 saturated carbocycles. The Labute approximate surface area is 138 Å². The van der Waals surface area contributed by atoms with Crippen LogP contribution in [0.5, 0.6) is 0 Å². The Balaban J connectivity index is 2.07. The van der Waals surface area contributed by atoms with Crippen LogP contribution in [-0.2, 0) is 0 Å². The molecule has 0 amide bonds. The van der Waals surface area contributed by atoms with Gasteiger partial charge in [-0.25, -0.2) is 0 Å². The van der Waals surface area contributed by atoms with Gasteiger partial charge in [-0.05, 0) is 23.8 Å². The van der Waals surface area contributed by atoms with Crippen molar-refractivity contribution >= 4 is 28.7 Å². The summed E-state index contributed by atoms with van der Waals surface area (Å²) >= 11 is 6.32. The predicted molar refractivity (Wildman–Crippen MR) is 93.3 cm³/mol. The number of anilines is 2. The largest absolute Gasteiger partial charge is 0.354 e. The molecule has 3 rings (SSSR count). The third-order valence-electron chi connectivity index (χ3n) is 3.42. The summed E-state index contributed by atoms with van der Waals surface area (Å²) in [5.41, 5.74) is 2.59. The van der Waals surface area contributed by atoms with E-state index in [0.29, 0.717) is 16.3 Å². The molecule has 0 aromatic heterocycles. The van der Waals surface area contributed by atoms with E-state index in [9.17, 15) is 10.1 Å². The van der Waals surface area contributed by atoms with Gasteiger partial charge in [-0.1, -0.05) is 60.1 Å². The van der Waals surface area contributed by atoms with E-state index in [4.69, 9.17) is 11.6 Å². The molecule has 0 unspecified atom stereocenters. The molecular formula is C18H13ClN2O2. The predicted octanol–water partition coefficient (Wildman–Crippen LogP) is 5.66. The normalized spacial score (nSPS) is 10.3. The van der Waals surface area contributed by atoms with Crippen LogP contribution in [0.4, 0.5) is 17.1 Å². The lowest BCUT2D eigenvalue weighted by atomic mass is 10.0. The van der Waals surface area contributed by atoms with E-state index >= 15 is 0 Å². The number of hydrogen-bond acceptors (Lipinski definition) is 3. The fourth-order valence-corrected chi connectivity index (χ4v) is 2.55. The molecule has 0 spiro atoms. The molecule has 23 heavy (non-hydrogen) atoms. The molecule has 0 bridgehead atoms. The van der Waals surface area contributed by atoms with Crippen molar-refractivity contribution in [2.45, 2.75) is 0 Å². The first-order chi connectivity index (χ1) is 11.1. The van der Waals surface area contributed by atoms with Gasteiger partial charge in [0, 0.05) is 11.8 Å². The SMILES string of the molecule is O=[N+]([O-])c1cc(Nc2ccccc2)c(Cl)cc1-c1ccccc1. The maximum atomic E-state index is 11.4. The van der Waals surface area contributed by atoms with E-state index in [0.717, 1.165) is 11.3 Å². The van der Waals surface area contributed by atoms with Gasteiger partial charge in [0.1, 0.15) is 0 Å². The highest BCUT2D eigenvalue weighted by Gasteiger charge is 2.19. The van der Waals surface area contributed by atoms with E-state index in [1.807, 2.05) is 60.7 Å². The summed E-state index contributed by atoms with van der Waals surface area (Å²) < 4.78 is 0. The minimum atomic E-state index is -0.394. The monoisotopic (exact) mass is 324 g/mol. The topological polar surface area (TPSA) is 55.2 Å². The van der Waals surface area contributed by atoms with E-state index in [1.165, 1.54) is 6.07 Å². The third kappa shape index (κ3) is 3.33. The summed E-state index contributed by atoms with van der Waals surface area (Å²) in [5.74, 6) is 0. The number of nitrogens with one attached hydrogen (secondary N) is 1. The number of hydrogen-bond donors (Lipinski definition) is 1. The molecule has 3 aromatic rings. The van der Waals surface area contributed by atoms with Crippen molar-refractivity contribution in [3.63, 3.8) is 0 Å². The van der Waals surface area contributed by atoms with Gasteiger partial charge in [-0.2, -0.15) is 0 Å². The molecule has 114 valence electrons. The van der Waals surface area contributed by atoms with Crippen LogP contribution < -0.4 is 5.32 Å². The average molecular weight is 325 g/mol. The molecule has 5 heteroatoms. The number of halogens is 1. The zero-order valence-electron chi connectivity index (χ0n) is 12.1. The summed E-state index contributed by atoms with van der Waals surface area (Å²) in [6, 6.07) is 21.7. The lowest BCUT2D eigenvalue weighted by Gasteiger charge is -2.11. The van der Waals surface area contributed by atoms with E-state index in [1.54, 1.807) is 6.07 Å². The zero-order valence-corrected chi connectivity index (χ0v) is 12.8. The highest BCUT2D eigenvalue weighted by molar-refractivity contribution is 6.33. The number of para-hydroxylation sites is 1. The molecule has 0 heterocycles. The molecular weight excluding hydrogens is 312 g/mol. The summed E-state index contributed by atoms with van der Waals surface area (Å²) in [7, 11) is 0. The molecule has 0 aliphatic heterocycles. The van der Waals surface area contributed by atoms with Crippen LogP contribution in [0.2, 0.25) is 5.02 Å². The van der Waals surface area contributed by atoms with Crippen molar-refractivity contribution in [3.8, 4) is 11.1 Å². The van der Waals surface area contributed by atoms with Crippen molar-refractivity contribution in [3.05, 3.63) is 87.9 Å². The Morgan fingerprint density at radius 3 is 2.13 bits per heavy atom. The van der Waals surface area contributed by atoms with Crippen LogP contribution in [-0.4, -0.2) is 4.92 Å². The molecule has 0 atom stereocenters. The third-order valence-corrected chi connectivity index (χ3v) is 3.73. The molecule has 4 nitrogen and oxygen atoms in total. The second kappa shape index (κ2) is 6.50. The molecule has 0 radical (unpaired) electrons. The highest BCUT2D eigenvalue weighted by Crippen LogP contribution is 2.38. The average Bonchev–Trinajstić information content (AvgIpc) is 2.58. The summed E-state index contributed by atoms with van der Waals surface area (Å²) in [6.07, 6.45) is 0. The summed E-state index contributed by atoms with van der Waals surface area (Å²) in [5, 5.41) is 15.0. The zero-order chi connectivity index (χ0) is 16.2. The van der Waals surface area contributed by atoms with Gasteiger partial charge in [0.2, 0.25) is 0 Å². The van der Waals surface area contributed by atoms with Crippen molar-refractivity contribution in [1.82, 2.24) is 0 Å². The molecule has 0 aliphatic carbocycles. The van der Waals surface area contributed by atoms with Crippen LogP contribution in [0.25, 0.3) is 11.1 Å². The first-order valence-corrected chi connectivity index (χ1v) is 7.38. The minimum absolute atomic E-state index is 0.0130. The van der Waals surface area contributed by atoms with E-state index < -0.39 is 4.92 Å². The number of nitro groups is 1. The van der Waals surface area contributed by atoms with Crippen LogP contribution in [0, 0.1) is 10.1 Å². The molecule has 1 N–H and O–H groups in total. The fourth-order valence-electron chi connectivity index (χ4n) is 2.33. The Morgan fingerprint density at radius 2 is 1.52 bits per heavy atom. The smallest absolute Gasteiger partial charge is 0.279 e. The minimum Gasteiger partial charge on any atom is -0.354 e. The van der Waals surface area contributed by atoms with E-state index in [-0.39, 0.29) is 5.69 Å². The van der Waals surface area contributed by atoms with Crippen LogP contribution >= 0.6 is 11.6 Å². The lowest BCUT2D eigenvalue weighted by Crippen LogP contribution is -1.97. The Bertz CT molecular complexity index is 836. The number of benzene rings is 3. The van der Waals surface area contributed by atoms with Crippen molar-refractivity contribution < 1.29 is 4.92 Å². The van der Waals surface area contributed by atoms with Gasteiger partial charge in [-0.15, -0.1) is 0 Å². The first kappa shape index (κ1) is 15.1. The standard InChI is InChI=1S/C18H13ClN2O2/c19-16-11-15(13-7-3-1-4-8-13)18(21(22)23)12-17(16)20-14-9-5-2-6-10-14/h1-12,20H. The van der Waals surface area contributed by atoms with E-state index in [2.05, 4.69) is 5.32 Å². The maximum absolute atomic E-state index is 11.4. The second-order valence-electron chi connectivity index (χ2n) is 4.96. The lowest BCUT2D eigenvalue weighted by molar-refractivity contribution is -0.384. The first-order valence-electron chi connectivity index (χ1n) is 7.00. The Kier molecular flexibility index (Phi) is 4.26. The Hall–Kier alpha value is -2.85. The van der Waals surface area contributed by atoms with Gasteiger partial charge in [0.15, 0.2) is 0 Å². The van der Waals surface area contributed by atoms with Gasteiger partial charge in [0.25, 0.3) is 5.69 Å². The molecule has 0 fully saturated rings. The van der Waals surface area contributed by atoms with Gasteiger partial charge >= 0.3 is 0 Å². The maximum Gasteiger partial charge on any atom is 0.279 e. The second-order valence-corrected chi connectivity index (χ2v) is 5.37. The quantitative estimate of drug-likeness (QED) is 0.497. The van der Waals surface area contributed by atoms with Crippen molar-refractivity contribution in [2.24, 2.45) is 0 Å².